The fourth-order valence-electron chi connectivity index (χ4n) is 3.85. The summed E-state index contributed by atoms with van der Waals surface area (Å²) in [4.78, 5) is 0. The third-order valence-corrected chi connectivity index (χ3v) is 9.28. The molecule has 26 heavy (non-hydrogen) atoms. The standard InChI is InChI=1S/C23H41O2P/c1-6-10-12-20(8-3)17-26(25,18-21(9-4)13-11-7-2)22-14-15-23(24)19(5)16-22/h14-16,20-21,24H,6-13,17-18H2,1-5H3. The van der Waals surface area contributed by atoms with Gasteiger partial charge >= 0.3 is 0 Å². The zero-order valence-corrected chi connectivity index (χ0v) is 18.7. The van der Waals surface area contributed by atoms with Crippen LogP contribution in [0.1, 0.15) is 84.6 Å². The molecular weight excluding hydrogens is 339 g/mol. The van der Waals surface area contributed by atoms with E-state index < -0.39 is 7.14 Å². The van der Waals surface area contributed by atoms with Crippen LogP contribution in [0.5, 0.6) is 5.75 Å². The monoisotopic (exact) mass is 380 g/mol. The summed E-state index contributed by atoms with van der Waals surface area (Å²) in [7, 11) is -2.46. The molecule has 0 fully saturated rings. The molecular formula is C23H41O2P. The number of aryl methyl sites for hydroxylation is 1. The van der Waals surface area contributed by atoms with Crippen LogP contribution in [0.25, 0.3) is 0 Å². The summed E-state index contributed by atoms with van der Waals surface area (Å²) in [5, 5.41) is 10.9. The van der Waals surface area contributed by atoms with E-state index in [1.165, 1.54) is 38.5 Å². The Kier molecular flexibility index (Phi) is 10.6. The van der Waals surface area contributed by atoms with Gasteiger partial charge in [0.25, 0.3) is 0 Å². The molecule has 0 spiro atoms. The molecule has 0 heterocycles. The van der Waals surface area contributed by atoms with Gasteiger partial charge in [0.1, 0.15) is 12.9 Å². The van der Waals surface area contributed by atoms with Crippen LogP contribution in [0.15, 0.2) is 18.2 Å². The van der Waals surface area contributed by atoms with Crippen molar-refractivity contribution in [3.63, 3.8) is 0 Å². The van der Waals surface area contributed by atoms with Gasteiger partial charge in [0, 0.05) is 17.6 Å². The lowest BCUT2D eigenvalue weighted by molar-refractivity contribution is 0.466. The summed E-state index contributed by atoms with van der Waals surface area (Å²) in [5.74, 6) is 1.38. The largest absolute Gasteiger partial charge is 0.508 e. The second-order valence-electron chi connectivity index (χ2n) is 8.06. The number of rotatable bonds is 13. The van der Waals surface area contributed by atoms with Crippen LogP contribution in [-0.2, 0) is 4.57 Å². The summed E-state index contributed by atoms with van der Waals surface area (Å²) in [5.41, 5.74) is 0.839. The van der Waals surface area contributed by atoms with Crippen LogP contribution in [0.2, 0.25) is 0 Å². The maximum atomic E-state index is 14.3. The minimum absolute atomic E-state index is 0.302. The summed E-state index contributed by atoms with van der Waals surface area (Å²) in [6.07, 6.45) is 11.1. The van der Waals surface area contributed by atoms with E-state index in [4.69, 9.17) is 0 Å². The van der Waals surface area contributed by atoms with Gasteiger partial charge < -0.3 is 9.67 Å². The van der Waals surface area contributed by atoms with Gasteiger partial charge in [0.05, 0.1) is 0 Å². The molecule has 0 saturated carbocycles. The molecule has 3 heteroatoms. The maximum Gasteiger partial charge on any atom is 0.118 e. The van der Waals surface area contributed by atoms with Crippen molar-refractivity contribution in [2.24, 2.45) is 11.8 Å². The molecule has 0 amide bonds. The molecule has 0 aromatic heterocycles. The second kappa shape index (κ2) is 11.9. The van der Waals surface area contributed by atoms with Crippen LogP contribution in [0, 0.1) is 18.8 Å². The summed E-state index contributed by atoms with van der Waals surface area (Å²) < 4.78 is 14.3. The SMILES string of the molecule is CCCCC(CC)CP(=O)(CC(CC)CCCC)c1ccc(O)c(C)c1. The molecule has 0 aliphatic rings. The molecule has 150 valence electrons. The average Bonchev–Trinajstić information content (AvgIpc) is 2.64. The molecule has 0 aliphatic carbocycles. The first-order valence-corrected chi connectivity index (χ1v) is 12.9. The van der Waals surface area contributed by atoms with E-state index in [0.29, 0.717) is 17.6 Å². The summed E-state index contributed by atoms with van der Waals surface area (Å²) in [6.45, 7) is 10.8. The molecule has 2 atom stereocenters. The predicted octanol–water partition coefficient (Wildman–Crippen LogP) is 7.12. The molecule has 0 bridgehead atoms. The molecule has 1 rings (SSSR count). The number of phenols is 1. The van der Waals surface area contributed by atoms with Crippen molar-refractivity contribution >= 4 is 12.4 Å². The Bertz CT molecular complexity index is 545. The smallest absolute Gasteiger partial charge is 0.118 e. The summed E-state index contributed by atoms with van der Waals surface area (Å²) in [6, 6.07) is 5.63. The van der Waals surface area contributed by atoms with Crippen molar-refractivity contribution < 1.29 is 9.67 Å². The summed E-state index contributed by atoms with van der Waals surface area (Å²) >= 11 is 0. The van der Waals surface area contributed by atoms with Gasteiger partial charge in [-0.05, 0) is 42.5 Å². The van der Waals surface area contributed by atoms with Crippen molar-refractivity contribution in [3.8, 4) is 5.75 Å². The molecule has 0 saturated heterocycles. The lowest BCUT2D eigenvalue weighted by Gasteiger charge is -2.28. The highest BCUT2D eigenvalue weighted by Gasteiger charge is 2.31. The second-order valence-corrected chi connectivity index (χ2v) is 11.1. The maximum absolute atomic E-state index is 14.3. The fraction of sp³-hybridized carbons (Fsp3) is 0.739. The Morgan fingerprint density at radius 2 is 1.42 bits per heavy atom. The van der Waals surface area contributed by atoms with Crippen LogP contribution in [-0.4, -0.2) is 17.4 Å². The lowest BCUT2D eigenvalue weighted by Crippen LogP contribution is -2.20. The van der Waals surface area contributed by atoms with Crippen molar-refractivity contribution in [1.82, 2.24) is 0 Å². The van der Waals surface area contributed by atoms with Gasteiger partial charge in [-0.3, -0.25) is 0 Å². The third kappa shape index (κ3) is 7.10. The Hall–Kier alpha value is -0.750. The highest BCUT2D eigenvalue weighted by atomic mass is 31.2. The molecule has 1 aromatic carbocycles. The molecule has 1 N–H and O–H groups in total. The minimum Gasteiger partial charge on any atom is -0.508 e. The van der Waals surface area contributed by atoms with Gasteiger partial charge in [0.2, 0.25) is 0 Å². The Balaban J connectivity index is 3.12. The first-order chi connectivity index (χ1) is 12.4. The normalized spacial score (nSPS) is 16.2. The highest BCUT2D eigenvalue weighted by molar-refractivity contribution is 7.71. The Morgan fingerprint density at radius 1 is 0.923 bits per heavy atom. The van der Waals surface area contributed by atoms with E-state index in [9.17, 15) is 9.67 Å². The zero-order chi connectivity index (χ0) is 19.6. The van der Waals surface area contributed by atoms with Gasteiger partial charge in [0.15, 0.2) is 0 Å². The molecule has 2 nitrogen and oxygen atoms in total. The van der Waals surface area contributed by atoms with Gasteiger partial charge in [-0.25, -0.2) is 0 Å². The van der Waals surface area contributed by atoms with Crippen molar-refractivity contribution in [2.45, 2.75) is 86.0 Å². The molecule has 0 radical (unpaired) electrons. The van der Waals surface area contributed by atoms with E-state index >= 15 is 0 Å². The third-order valence-electron chi connectivity index (χ3n) is 5.84. The van der Waals surface area contributed by atoms with Crippen molar-refractivity contribution in [2.75, 3.05) is 12.3 Å². The van der Waals surface area contributed by atoms with Crippen LogP contribution in [0.4, 0.5) is 0 Å². The van der Waals surface area contributed by atoms with Crippen LogP contribution >= 0.6 is 7.14 Å². The number of hydrogen-bond donors (Lipinski definition) is 1. The molecule has 1 aromatic rings. The van der Waals surface area contributed by atoms with E-state index in [2.05, 4.69) is 27.7 Å². The zero-order valence-electron chi connectivity index (χ0n) is 17.8. The van der Waals surface area contributed by atoms with E-state index in [-0.39, 0.29) is 0 Å². The van der Waals surface area contributed by atoms with E-state index in [0.717, 1.165) is 36.0 Å². The highest BCUT2D eigenvalue weighted by Crippen LogP contribution is 2.50. The number of benzene rings is 1. The Morgan fingerprint density at radius 3 is 1.81 bits per heavy atom. The number of unbranched alkanes of at least 4 members (excludes halogenated alkanes) is 2. The topological polar surface area (TPSA) is 37.3 Å². The molecule has 2 unspecified atom stereocenters. The first kappa shape index (κ1) is 23.3. The minimum atomic E-state index is -2.46. The van der Waals surface area contributed by atoms with Crippen LogP contribution in [0.3, 0.4) is 0 Å². The van der Waals surface area contributed by atoms with Gasteiger partial charge in [-0.1, -0.05) is 79.1 Å². The number of aromatic hydroxyl groups is 1. The number of hydrogen-bond acceptors (Lipinski definition) is 2. The fourth-order valence-corrected chi connectivity index (χ4v) is 7.74. The van der Waals surface area contributed by atoms with Gasteiger partial charge in [-0.15, -0.1) is 0 Å². The van der Waals surface area contributed by atoms with Crippen LogP contribution < -0.4 is 5.30 Å². The quantitative estimate of drug-likeness (QED) is 0.370. The number of phenolic OH excluding ortho intramolecular Hbond substituents is 1. The van der Waals surface area contributed by atoms with E-state index in [1.54, 1.807) is 6.07 Å². The Labute approximate surface area is 162 Å². The predicted molar refractivity (Wildman–Crippen MR) is 116 cm³/mol. The molecule has 0 aliphatic heterocycles. The average molecular weight is 381 g/mol. The lowest BCUT2D eigenvalue weighted by atomic mass is 10.0. The van der Waals surface area contributed by atoms with Gasteiger partial charge in [-0.2, -0.15) is 0 Å². The van der Waals surface area contributed by atoms with Crippen molar-refractivity contribution in [3.05, 3.63) is 23.8 Å². The van der Waals surface area contributed by atoms with E-state index in [1.807, 2.05) is 19.1 Å². The first-order valence-electron chi connectivity index (χ1n) is 10.8. The van der Waals surface area contributed by atoms with Crippen molar-refractivity contribution in [1.29, 1.82) is 0 Å².